The van der Waals surface area contributed by atoms with E-state index in [0.29, 0.717) is 0 Å². The molecule has 3 nitrogen and oxygen atoms in total. The van der Waals surface area contributed by atoms with Gasteiger partial charge in [-0.2, -0.15) is 8.42 Å². The van der Waals surface area contributed by atoms with Crippen LogP contribution in [0.5, 0.6) is 0 Å². The molecule has 0 fully saturated rings. The van der Waals surface area contributed by atoms with Crippen molar-refractivity contribution in [2.45, 2.75) is 45.4 Å². The summed E-state index contributed by atoms with van der Waals surface area (Å²) < 4.78 is 29.2. The number of hydrogen-bond donors (Lipinski definition) is 0. The molecule has 0 bridgehead atoms. The van der Waals surface area contributed by atoms with E-state index in [1.807, 2.05) is 27.7 Å². The van der Waals surface area contributed by atoms with Gasteiger partial charge in [-0.05, 0) is 37.3 Å². The van der Waals surface area contributed by atoms with Crippen molar-refractivity contribution in [1.29, 1.82) is 0 Å². The molecule has 0 aliphatic rings. The zero-order valence-corrected chi connectivity index (χ0v) is 12.4. The van der Waals surface area contributed by atoms with Crippen molar-refractivity contribution < 1.29 is 12.6 Å². The standard InChI is InChI=1S/C14H22O3S/c1-5-14(4,6-2)11-17-18(15,16)13-9-7-12(3)8-10-13/h7-10H,5-6,11H2,1-4H3. The highest BCUT2D eigenvalue weighted by Gasteiger charge is 2.24. The van der Waals surface area contributed by atoms with Crippen LogP contribution < -0.4 is 0 Å². The minimum atomic E-state index is -3.63. The minimum Gasteiger partial charge on any atom is -0.266 e. The summed E-state index contributed by atoms with van der Waals surface area (Å²) in [6.07, 6.45) is 1.79. The van der Waals surface area contributed by atoms with Gasteiger partial charge < -0.3 is 0 Å². The predicted molar refractivity (Wildman–Crippen MR) is 73.0 cm³/mol. The summed E-state index contributed by atoms with van der Waals surface area (Å²) in [4.78, 5) is 0.225. The molecular weight excluding hydrogens is 248 g/mol. The number of aryl methyl sites for hydroxylation is 1. The normalized spacial score (nSPS) is 12.7. The third-order valence-corrected chi connectivity index (χ3v) is 4.86. The maximum atomic E-state index is 12.0. The van der Waals surface area contributed by atoms with Crippen molar-refractivity contribution in [1.82, 2.24) is 0 Å². The van der Waals surface area contributed by atoms with E-state index in [4.69, 9.17) is 4.18 Å². The Kier molecular flexibility index (Phi) is 4.93. The molecule has 0 unspecified atom stereocenters. The molecule has 0 aromatic heterocycles. The molecule has 0 atom stereocenters. The van der Waals surface area contributed by atoms with E-state index in [1.165, 1.54) is 0 Å². The largest absolute Gasteiger partial charge is 0.296 e. The lowest BCUT2D eigenvalue weighted by Crippen LogP contribution is -2.23. The third kappa shape index (κ3) is 3.82. The van der Waals surface area contributed by atoms with Gasteiger partial charge in [0.1, 0.15) is 0 Å². The molecule has 0 saturated heterocycles. The maximum absolute atomic E-state index is 12.0. The van der Waals surface area contributed by atoms with Gasteiger partial charge in [0.25, 0.3) is 10.1 Å². The fourth-order valence-corrected chi connectivity index (χ4v) is 2.49. The first-order valence-corrected chi connectivity index (χ1v) is 7.70. The van der Waals surface area contributed by atoms with Gasteiger partial charge in [-0.3, -0.25) is 4.18 Å². The van der Waals surface area contributed by atoms with Gasteiger partial charge in [0.05, 0.1) is 11.5 Å². The van der Waals surface area contributed by atoms with Crippen molar-refractivity contribution in [3.8, 4) is 0 Å². The molecule has 1 rings (SSSR count). The zero-order valence-electron chi connectivity index (χ0n) is 11.6. The van der Waals surface area contributed by atoms with Crippen molar-refractivity contribution in [3.05, 3.63) is 29.8 Å². The molecule has 0 aliphatic carbocycles. The fraction of sp³-hybridized carbons (Fsp3) is 0.571. The first kappa shape index (κ1) is 15.2. The number of benzene rings is 1. The minimum absolute atomic E-state index is 0.0855. The summed E-state index contributed by atoms with van der Waals surface area (Å²) in [7, 11) is -3.63. The molecule has 1 aromatic carbocycles. The molecule has 0 radical (unpaired) electrons. The van der Waals surface area contributed by atoms with Gasteiger partial charge in [0.15, 0.2) is 0 Å². The highest BCUT2D eigenvalue weighted by Crippen LogP contribution is 2.27. The van der Waals surface area contributed by atoms with E-state index >= 15 is 0 Å². The van der Waals surface area contributed by atoms with Gasteiger partial charge >= 0.3 is 0 Å². The average molecular weight is 270 g/mol. The van der Waals surface area contributed by atoms with Crippen LogP contribution in [-0.2, 0) is 14.3 Å². The predicted octanol–water partition coefficient (Wildman–Crippen LogP) is 3.53. The molecule has 18 heavy (non-hydrogen) atoms. The van der Waals surface area contributed by atoms with E-state index < -0.39 is 10.1 Å². The molecule has 0 aliphatic heterocycles. The van der Waals surface area contributed by atoms with Crippen LogP contribution in [0.15, 0.2) is 29.2 Å². The maximum Gasteiger partial charge on any atom is 0.296 e. The van der Waals surface area contributed by atoms with E-state index in [0.717, 1.165) is 18.4 Å². The molecule has 0 saturated carbocycles. The SMILES string of the molecule is CCC(C)(CC)COS(=O)(=O)c1ccc(C)cc1. The van der Waals surface area contributed by atoms with Crippen molar-refractivity contribution in [2.75, 3.05) is 6.61 Å². The molecule has 102 valence electrons. The molecule has 0 heterocycles. The van der Waals surface area contributed by atoms with Gasteiger partial charge in [0, 0.05) is 0 Å². The van der Waals surface area contributed by atoms with Crippen LogP contribution >= 0.6 is 0 Å². The summed E-state index contributed by atoms with van der Waals surface area (Å²) in [6, 6.07) is 6.71. The Hall–Kier alpha value is -0.870. The molecule has 0 spiro atoms. The van der Waals surface area contributed by atoms with Crippen LogP contribution in [0, 0.1) is 12.3 Å². The van der Waals surface area contributed by atoms with Gasteiger partial charge in [-0.15, -0.1) is 0 Å². The Morgan fingerprint density at radius 3 is 2.06 bits per heavy atom. The Balaban J connectivity index is 2.80. The van der Waals surface area contributed by atoms with Crippen molar-refractivity contribution in [2.24, 2.45) is 5.41 Å². The Bertz CT molecular complexity index is 470. The summed E-state index contributed by atoms with van der Waals surface area (Å²) in [6.45, 7) is 8.28. The summed E-state index contributed by atoms with van der Waals surface area (Å²) in [5, 5.41) is 0. The molecule has 0 amide bonds. The van der Waals surface area contributed by atoms with Crippen molar-refractivity contribution in [3.63, 3.8) is 0 Å². The third-order valence-electron chi connectivity index (χ3n) is 3.58. The van der Waals surface area contributed by atoms with Crippen LogP contribution in [0.25, 0.3) is 0 Å². The second-order valence-corrected chi connectivity index (χ2v) is 6.66. The fourth-order valence-electron chi connectivity index (χ4n) is 1.45. The number of rotatable bonds is 6. The zero-order chi connectivity index (χ0) is 13.8. The van der Waals surface area contributed by atoms with Crippen LogP contribution in [0.1, 0.15) is 39.2 Å². The Labute approximate surface area is 110 Å². The Morgan fingerprint density at radius 1 is 1.11 bits per heavy atom. The monoisotopic (exact) mass is 270 g/mol. The van der Waals surface area contributed by atoms with Crippen LogP contribution in [0.3, 0.4) is 0 Å². The Morgan fingerprint density at radius 2 is 1.61 bits per heavy atom. The summed E-state index contributed by atoms with van der Waals surface area (Å²) in [5.41, 5.74) is 0.943. The van der Waals surface area contributed by atoms with Crippen LogP contribution in [0.4, 0.5) is 0 Å². The van der Waals surface area contributed by atoms with Crippen molar-refractivity contribution >= 4 is 10.1 Å². The van der Waals surface area contributed by atoms with Gasteiger partial charge in [0.2, 0.25) is 0 Å². The first-order valence-electron chi connectivity index (χ1n) is 6.29. The molecule has 4 heteroatoms. The second-order valence-electron chi connectivity index (χ2n) is 5.05. The highest BCUT2D eigenvalue weighted by atomic mass is 32.2. The topological polar surface area (TPSA) is 43.4 Å². The summed E-state index contributed by atoms with van der Waals surface area (Å²) >= 11 is 0. The van der Waals surface area contributed by atoms with E-state index in [2.05, 4.69) is 0 Å². The lowest BCUT2D eigenvalue weighted by molar-refractivity contribution is 0.157. The van der Waals surface area contributed by atoms with Crippen LogP contribution in [-0.4, -0.2) is 15.0 Å². The quantitative estimate of drug-likeness (QED) is 0.743. The smallest absolute Gasteiger partial charge is 0.266 e. The summed E-state index contributed by atoms with van der Waals surface area (Å²) in [5.74, 6) is 0. The first-order chi connectivity index (χ1) is 8.33. The van der Waals surface area contributed by atoms with Gasteiger partial charge in [-0.25, -0.2) is 0 Å². The van der Waals surface area contributed by atoms with E-state index in [1.54, 1.807) is 24.3 Å². The van der Waals surface area contributed by atoms with Crippen LogP contribution in [0.2, 0.25) is 0 Å². The molecule has 0 N–H and O–H groups in total. The second kappa shape index (κ2) is 5.85. The number of hydrogen-bond acceptors (Lipinski definition) is 3. The highest BCUT2D eigenvalue weighted by molar-refractivity contribution is 7.86. The average Bonchev–Trinajstić information content (AvgIpc) is 2.37. The van der Waals surface area contributed by atoms with Gasteiger partial charge in [-0.1, -0.05) is 38.5 Å². The van der Waals surface area contributed by atoms with E-state index in [9.17, 15) is 8.42 Å². The lowest BCUT2D eigenvalue weighted by Gasteiger charge is -2.25. The molecule has 1 aromatic rings. The molecular formula is C14H22O3S. The van der Waals surface area contributed by atoms with E-state index in [-0.39, 0.29) is 16.9 Å². The lowest BCUT2D eigenvalue weighted by atomic mass is 9.86.